The van der Waals surface area contributed by atoms with Gasteiger partial charge in [-0.2, -0.15) is 0 Å². The first-order valence-electron chi connectivity index (χ1n) is 8.39. The predicted molar refractivity (Wildman–Crippen MR) is 95.9 cm³/mol. The molecule has 0 saturated carbocycles. The summed E-state index contributed by atoms with van der Waals surface area (Å²) in [6, 6.07) is 8.19. The Morgan fingerprint density at radius 3 is 2.42 bits per heavy atom. The SMILES string of the molecule is CC(C)(C)C(=O)C1=C(O)C(=O)N(Cc2ccncc2)C1c1ccccn1. The van der Waals surface area contributed by atoms with Crippen molar-refractivity contribution in [1.29, 1.82) is 0 Å². The maximum Gasteiger partial charge on any atom is 0.290 e. The Labute approximate surface area is 152 Å². The lowest BCUT2D eigenvalue weighted by Gasteiger charge is -2.28. The Balaban J connectivity index is 2.08. The quantitative estimate of drug-likeness (QED) is 0.915. The van der Waals surface area contributed by atoms with Gasteiger partial charge in [0.05, 0.1) is 11.3 Å². The van der Waals surface area contributed by atoms with Crippen LogP contribution in [0.5, 0.6) is 0 Å². The highest BCUT2D eigenvalue weighted by atomic mass is 16.3. The molecule has 0 aliphatic carbocycles. The first-order valence-corrected chi connectivity index (χ1v) is 8.39. The van der Waals surface area contributed by atoms with E-state index < -0.39 is 23.1 Å². The molecule has 0 fully saturated rings. The summed E-state index contributed by atoms with van der Waals surface area (Å²) < 4.78 is 0. The van der Waals surface area contributed by atoms with Crippen LogP contribution in [0, 0.1) is 5.41 Å². The van der Waals surface area contributed by atoms with Gasteiger partial charge in [-0.3, -0.25) is 19.6 Å². The summed E-state index contributed by atoms with van der Waals surface area (Å²) in [5.41, 5.74) is 0.775. The minimum absolute atomic E-state index is 0.107. The van der Waals surface area contributed by atoms with Gasteiger partial charge in [-0.25, -0.2) is 0 Å². The molecule has 1 N–H and O–H groups in total. The molecule has 2 aromatic rings. The second kappa shape index (κ2) is 6.71. The molecule has 1 atom stereocenters. The van der Waals surface area contributed by atoms with Crippen LogP contribution in [0.2, 0.25) is 0 Å². The zero-order valence-electron chi connectivity index (χ0n) is 15.0. The zero-order valence-corrected chi connectivity index (χ0v) is 15.0. The van der Waals surface area contributed by atoms with E-state index in [1.807, 2.05) is 0 Å². The van der Waals surface area contributed by atoms with E-state index in [0.717, 1.165) is 5.56 Å². The molecule has 1 aliphatic rings. The van der Waals surface area contributed by atoms with Crippen LogP contribution in [0.3, 0.4) is 0 Å². The number of amides is 1. The highest BCUT2D eigenvalue weighted by molar-refractivity contribution is 6.10. The topological polar surface area (TPSA) is 83.4 Å². The molecule has 134 valence electrons. The molecule has 0 bridgehead atoms. The standard InChI is InChI=1S/C20H21N3O3/c1-20(2,3)18(25)15-16(14-6-4-5-9-22-14)23(19(26)17(15)24)12-13-7-10-21-11-8-13/h4-11,16,24H,12H2,1-3H3. The van der Waals surface area contributed by atoms with Crippen LogP contribution in [-0.2, 0) is 16.1 Å². The van der Waals surface area contributed by atoms with Gasteiger partial charge in [-0.05, 0) is 29.8 Å². The molecule has 2 aromatic heterocycles. The van der Waals surface area contributed by atoms with Crippen LogP contribution >= 0.6 is 0 Å². The highest BCUT2D eigenvalue weighted by Crippen LogP contribution is 2.40. The maximum absolute atomic E-state index is 13.0. The number of hydrogen-bond donors (Lipinski definition) is 1. The molecule has 0 spiro atoms. The Kier molecular flexibility index (Phi) is 4.59. The average molecular weight is 351 g/mol. The largest absolute Gasteiger partial charge is 0.503 e. The summed E-state index contributed by atoms with van der Waals surface area (Å²) in [5.74, 6) is -1.32. The Morgan fingerprint density at radius 2 is 1.85 bits per heavy atom. The summed E-state index contributed by atoms with van der Waals surface area (Å²) in [6.45, 7) is 5.54. The van der Waals surface area contributed by atoms with Crippen LogP contribution in [0.15, 0.2) is 60.3 Å². The average Bonchev–Trinajstić information content (AvgIpc) is 2.87. The first-order chi connectivity index (χ1) is 12.3. The van der Waals surface area contributed by atoms with E-state index in [1.54, 1.807) is 69.7 Å². The Morgan fingerprint density at radius 1 is 1.15 bits per heavy atom. The number of aliphatic hydroxyl groups excluding tert-OH is 1. The van der Waals surface area contributed by atoms with Gasteiger partial charge in [0, 0.05) is 30.6 Å². The van der Waals surface area contributed by atoms with E-state index in [2.05, 4.69) is 9.97 Å². The van der Waals surface area contributed by atoms with Crippen molar-refractivity contribution >= 4 is 11.7 Å². The van der Waals surface area contributed by atoms with Gasteiger partial charge in [0.1, 0.15) is 6.04 Å². The van der Waals surface area contributed by atoms with Gasteiger partial charge in [0.25, 0.3) is 5.91 Å². The lowest BCUT2D eigenvalue weighted by molar-refractivity contribution is -0.130. The van der Waals surface area contributed by atoms with Gasteiger partial charge < -0.3 is 10.0 Å². The van der Waals surface area contributed by atoms with Crippen LogP contribution in [0.25, 0.3) is 0 Å². The third kappa shape index (κ3) is 3.22. The first kappa shape index (κ1) is 17.8. The predicted octanol–water partition coefficient (Wildman–Crippen LogP) is 2.99. The lowest BCUT2D eigenvalue weighted by Crippen LogP contribution is -2.32. The number of aliphatic hydroxyl groups is 1. The number of nitrogens with zero attached hydrogens (tertiary/aromatic N) is 3. The van der Waals surface area contributed by atoms with Gasteiger partial charge in [0.2, 0.25) is 0 Å². The van der Waals surface area contributed by atoms with Crippen LogP contribution < -0.4 is 0 Å². The molecule has 1 unspecified atom stereocenters. The molecule has 6 heteroatoms. The van der Waals surface area contributed by atoms with E-state index in [9.17, 15) is 14.7 Å². The van der Waals surface area contributed by atoms with E-state index in [-0.39, 0.29) is 17.9 Å². The molecule has 0 aromatic carbocycles. The van der Waals surface area contributed by atoms with Crippen molar-refractivity contribution in [2.75, 3.05) is 0 Å². The number of pyridine rings is 2. The third-order valence-corrected chi connectivity index (χ3v) is 4.30. The van der Waals surface area contributed by atoms with Crippen molar-refractivity contribution in [3.8, 4) is 0 Å². The number of ketones is 1. The lowest BCUT2D eigenvalue weighted by atomic mass is 9.83. The third-order valence-electron chi connectivity index (χ3n) is 4.30. The van der Waals surface area contributed by atoms with E-state index in [1.165, 1.54) is 4.90 Å². The summed E-state index contributed by atoms with van der Waals surface area (Å²) in [6.07, 6.45) is 4.89. The van der Waals surface area contributed by atoms with Crippen molar-refractivity contribution in [2.24, 2.45) is 5.41 Å². The minimum atomic E-state index is -0.733. The minimum Gasteiger partial charge on any atom is -0.503 e. The molecule has 0 saturated heterocycles. The van der Waals surface area contributed by atoms with E-state index >= 15 is 0 Å². The van der Waals surface area contributed by atoms with Gasteiger partial charge in [0.15, 0.2) is 11.5 Å². The fourth-order valence-corrected chi connectivity index (χ4v) is 2.98. The molecule has 6 nitrogen and oxygen atoms in total. The van der Waals surface area contributed by atoms with Gasteiger partial charge in [-0.1, -0.05) is 26.8 Å². The van der Waals surface area contributed by atoms with Crippen molar-refractivity contribution < 1.29 is 14.7 Å². The number of aromatic nitrogens is 2. The second-order valence-corrected chi connectivity index (χ2v) is 7.29. The fourth-order valence-electron chi connectivity index (χ4n) is 2.98. The molecule has 0 radical (unpaired) electrons. The molecular weight excluding hydrogens is 330 g/mol. The van der Waals surface area contributed by atoms with Gasteiger partial charge in [-0.15, -0.1) is 0 Å². The van der Waals surface area contributed by atoms with E-state index in [4.69, 9.17) is 0 Å². The van der Waals surface area contributed by atoms with E-state index in [0.29, 0.717) is 5.69 Å². The van der Waals surface area contributed by atoms with Crippen LogP contribution in [0.1, 0.15) is 38.1 Å². The highest BCUT2D eigenvalue weighted by Gasteiger charge is 2.46. The Hall–Kier alpha value is -3.02. The fraction of sp³-hybridized carbons (Fsp3) is 0.300. The molecule has 3 heterocycles. The molecule has 1 amide bonds. The summed E-state index contributed by atoms with van der Waals surface area (Å²) in [5, 5.41) is 10.5. The van der Waals surface area contributed by atoms with Crippen molar-refractivity contribution in [3.05, 3.63) is 71.5 Å². The summed E-state index contributed by atoms with van der Waals surface area (Å²) >= 11 is 0. The molecular formula is C20H21N3O3. The second-order valence-electron chi connectivity index (χ2n) is 7.29. The smallest absolute Gasteiger partial charge is 0.290 e. The normalized spacial score (nSPS) is 17.7. The molecule has 1 aliphatic heterocycles. The molecule has 26 heavy (non-hydrogen) atoms. The Bertz CT molecular complexity index is 855. The monoisotopic (exact) mass is 351 g/mol. The number of hydrogen-bond acceptors (Lipinski definition) is 5. The zero-order chi connectivity index (χ0) is 18.9. The van der Waals surface area contributed by atoms with Crippen LogP contribution in [-0.4, -0.2) is 31.7 Å². The van der Waals surface area contributed by atoms with Gasteiger partial charge >= 0.3 is 0 Å². The summed E-state index contributed by atoms with van der Waals surface area (Å²) in [7, 11) is 0. The van der Waals surface area contributed by atoms with Crippen molar-refractivity contribution in [1.82, 2.24) is 14.9 Å². The number of rotatable bonds is 4. The number of carbonyl (C=O) groups excluding carboxylic acids is 2. The number of carbonyl (C=O) groups is 2. The molecule has 3 rings (SSSR count). The number of Topliss-reactive ketones (excluding diaryl/α,β-unsaturated/α-hetero) is 1. The van der Waals surface area contributed by atoms with Crippen molar-refractivity contribution in [2.45, 2.75) is 33.4 Å². The maximum atomic E-state index is 13.0. The van der Waals surface area contributed by atoms with Crippen LogP contribution in [0.4, 0.5) is 0 Å². The van der Waals surface area contributed by atoms with Crippen molar-refractivity contribution in [3.63, 3.8) is 0 Å². The summed E-state index contributed by atoms with van der Waals surface area (Å²) in [4.78, 5) is 35.5.